The average Bonchev–Trinajstić information content (AvgIpc) is 1.98. The topological polar surface area (TPSA) is 52.0 Å². The summed E-state index contributed by atoms with van der Waals surface area (Å²) in [5, 5.41) is 0. The third-order valence-electron chi connectivity index (χ3n) is 1.46. The second-order valence-corrected chi connectivity index (χ2v) is 2.39. The molecule has 0 amide bonds. The van der Waals surface area contributed by atoms with Gasteiger partial charge in [-0.2, -0.15) is 0 Å². The first-order valence-corrected chi connectivity index (χ1v) is 3.51. The first-order valence-electron chi connectivity index (χ1n) is 3.51. The SMILES string of the molecule is C/C=C\c1cc(N)ccc1N. The van der Waals surface area contributed by atoms with Crippen molar-refractivity contribution in [2.45, 2.75) is 6.92 Å². The Morgan fingerprint density at radius 1 is 1.27 bits per heavy atom. The number of anilines is 2. The number of allylic oxidation sites excluding steroid dienone is 1. The Balaban J connectivity index is 3.12. The molecule has 0 fully saturated rings. The molecule has 2 heteroatoms. The van der Waals surface area contributed by atoms with Crippen molar-refractivity contribution in [3.63, 3.8) is 0 Å². The lowest BCUT2D eigenvalue weighted by molar-refractivity contribution is 1.62. The van der Waals surface area contributed by atoms with Gasteiger partial charge in [-0.05, 0) is 30.7 Å². The second-order valence-electron chi connectivity index (χ2n) is 2.39. The van der Waals surface area contributed by atoms with Crippen LogP contribution >= 0.6 is 0 Å². The number of hydrogen-bond acceptors (Lipinski definition) is 2. The summed E-state index contributed by atoms with van der Waals surface area (Å²) in [6.45, 7) is 1.95. The molecule has 0 spiro atoms. The van der Waals surface area contributed by atoms with Crippen LogP contribution in [0.4, 0.5) is 11.4 Å². The summed E-state index contributed by atoms with van der Waals surface area (Å²) in [6, 6.07) is 5.46. The van der Waals surface area contributed by atoms with E-state index in [9.17, 15) is 0 Å². The molecule has 0 aromatic heterocycles. The molecule has 11 heavy (non-hydrogen) atoms. The number of hydrogen-bond donors (Lipinski definition) is 2. The van der Waals surface area contributed by atoms with E-state index in [0.717, 1.165) is 16.9 Å². The maximum Gasteiger partial charge on any atom is 0.0389 e. The Labute approximate surface area is 66.5 Å². The number of rotatable bonds is 1. The summed E-state index contributed by atoms with van der Waals surface area (Å²) in [5.41, 5.74) is 13.7. The summed E-state index contributed by atoms with van der Waals surface area (Å²) in [6.07, 6.45) is 3.87. The van der Waals surface area contributed by atoms with Gasteiger partial charge >= 0.3 is 0 Å². The van der Waals surface area contributed by atoms with Gasteiger partial charge in [0.25, 0.3) is 0 Å². The van der Waals surface area contributed by atoms with E-state index in [0.29, 0.717) is 0 Å². The minimum Gasteiger partial charge on any atom is -0.399 e. The van der Waals surface area contributed by atoms with Crippen LogP contribution in [0.3, 0.4) is 0 Å². The lowest BCUT2D eigenvalue weighted by Gasteiger charge is -2.00. The first kappa shape index (κ1) is 7.66. The molecule has 0 aliphatic carbocycles. The minimum atomic E-state index is 0.743. The van der Waals surface area contributed by atoms with Gasteiger partial charge in [-0.25, -0.2) is 0 Å². The van der Waals surface area contributed by atoms with Crippen molar-refractivity contribution < 1.29 is 0 Å². The predicted molar refractivity (Wildman–Crippen MR) is 50.0 cm³/mol. The molecular formula is C9H12N2. The van der Waals surface area contributed by atoms with Crippen LogP contribution in [0.5, 0.6) is 0 Å². The molecule has 58 valence electrons. The van der Waals surface area contributed by atoms with E-state index in [2.05, 4.69) is 0 Å². The van der Waals surface area contributed by atoms with Gasteiger partial charge in [0.05, 0.1) is 0 Å². The Kier molecular flexibility index (Phi) is 2.16. The largest absolute Gasteiger partial charge is 0.399 e. The third kappa shape index (κ3) is 1.74. The van der Waals surface area contributed by atoms with Crippen LogP contribution in [-0.2, 0) is 0 Å². The van der Waals surface area contributed by atoms with Crippen LogP contribution in [-0.4, -0.2) is 0 Å². The van der Waals surface area contributed by atoms with Crippen LogP contribution < -0.4 is 11.5 Å². The smallest absolute Gasteiger partial charge is 0.0389 e. The van der Waals surface area contributed by atoms with Crippen LogP contribution in [0, 0.1) is 0 Å². The highest BCUT2D eigenvalue weighted by atomic mass is 14.6. The van der Waals surface area contributed by atoms with Crippen molar-refractivity contribution in [2.75, 3.05) is 11.5 Å². The molecule has 0 saturated carbocycles. The normalized spacial score (nSPS) is 10.6. The van der Waals surface area contributed by atoms with Gasteiger partial charge in [0, 0.05) is 11.4 Å². The van der Waals surface area contributed by atoms with Crippen molar-refractivity contribution in [3.05, 3.63) is 29.8 Å². The lowest BCUT2D eigenvalue weighted by Crippen LogP contribution is -1.91. The van der Waals surface area contributed by atoms with Crippen molar-refractivity contribution >= 4 is 17.5 Å². The molecule has 1 rings (SSSR count). The van der Waals surface area contributed by atoms with Gasteiger partial charge < -0.3 is 11.5 Å². The molecule has 0 saturated heterocycles. The van der Waals surface area contributed by atoms with Crippen molar-refractivity contribution in [1.29, 1.82) is 0 Å². The highest BCUT2D eigenvalue weighted by Gasteiger charge is 1.93. The van der Waals surface area contributed by atoms with E-state index in [-0.39, 0.29) is 0 Å². The molecule has 1 aromatic carbocycles. The van der Waals surface area contributed by atoms with Crippen LogP contribution in [0.15, 0.2) is 24.3 Å². The molecule has 0 atom stereocenters. The fourth-order valence-electron chi connectivity index (χ4n) is 0.917. The fourth-order valence-corrected chi connectivity index (χ4v) is 0.917. The quantitative estimate of drug-likeness (QED) is 0.597. The Bertz CT molecular complexity index is 277. The van der Waals surface area contributed by atoms with E-state index in [1.807, 2.05) is 31.2 Å². The van der Waals surface area contributed by atoms with Gasteiger partial charge in [-0.15, -0.1) is 0 Å². The summed E-state index contributed by atoms with van der Waals surface area (Å²) in [4.78, 5) is 0. The zero-order valence-corrected chi connectivity index (χ0v) is 6.54. The summed E-state index contributed by atoms with van der Waals surface area (Å²) in [7, 11) is 0. The van der Waals surface area contributed by atoms with Gasteiger partial charge in [0.2, 0.25) is 0 Å². The molecule has 2 nitrogen and oxygen atoms in total. The van der Waals surface area contributed by atoms with Gasteiger partial charge in [-0.1, -0.05) is 12.2 Å². The number of nitrogens with two attached hydrogens (primary N) is 2. The molecular weight excluding hydrogens is 136 g/mol. The van der Waals surface area contributed by atoms with Gasteiger partial charge in [-0.3, -0.25) is 0 Å². The maximum absolute atomic E-state index is 5.67. The molecule has 0 bridgehead atoms. The molecule has 4 N–H and O–H groups in total. The monoisotopic (exact) mass is 148 g/mol. The van der Waals surface area contributed by atoms with Crippen molar-refractivity contribution in [1.82, 2.24) is 0 Å². The molecule has 0 aliphatic heterocycles. The van der Waals surface area contributed by atoms with Gasteiger partial charge in [0.15, 0.2) is 0 Å². The molecule has 0 heterocycles. The Morgan fingerprint density at radius 3 is 2.64 bits per heavy atom. The maximum atomic E-state index is 5.67. The Morgan fingerprint density at radius 2 is 2.00 bits per heavy atom. The van der Waals surface area contributed by atoms with Crippen molar-refractivity contribution in [2.24, 2.45) is 0 Å². The van der Waals surface area contributed by atoms with Crippen LogP contribution in [0.1, 0.15) is 12.5 Å². The first-order chi connectivity index (χ1) is 5.24. The zero-order valence-electron chi connectivity index (χ0n) is 6.54. The summed E-state index contributed by atoms with van der Waals surface area (Å²) >= 11 is 0. The summed E-state index contributed by atoms with van der Waals surface area (Å²) in [5.74, 6) is 0. The summed E-state index contributed by atoms with van der Waals surface area (Å²) < 4.78 is 0. The second kappa shape index (κ2) is 3.10. The zero-order chi connectivity index (χ0) is 8.27. The lowest BCUT2D eigenvalue weighted by atomic mass is 10.1. The highest BCUT2D eigenvalue weighted by Crippen LogP contribution is 2.16. The number of nitrogen functional groups attached to an aromatic ring is 2. The molecule has 0 radical (unpaired) electrons. The minimum absolute atomic E-state index is 0.743. The van der Waals surface area contributed by atoms with E-state index < -0.39 is 0 Å². The fraction of sp³-hybridized carbons (Fsp3) is 0.111. The van der Waals surface area contributed by atoms with Crippen molar-refractivity contribution in [3.8, 4) is 0 Å². The Hall–Kier alpha value is -1.44. The molecule has 0 aliphatic rings. The van der Waals surface area contributed by atoms with E-state index >= 15 is 0 Å². The predicted octanol–water partition coefficient (Wildman–Crippen LogP) is 1.88. The third-order valence-corrected chi connectivity index (χ3v) is 1.46. The van der Waals surface area contributed by atoms with Crippen LogP contribution in [0.2, 0.25) is 0 Å². The number of benzene rings is 1. The highest BCUT2D eigenvalue weighted by molar-refractivity contribution is 5.68. The van der Waals surface area contributed by atoms with Gasteiger partial charge in [0.1, 0.15) is 0 Å². The van der Waals surface area contributed by atoms with E-state index in [1.54, 1.807) is 6.07 Å². The van der Waals surface area contributed by atoms with Crippen LogP contribution in [0.25, 0.3) is 6.08 Å². The van der Waals surface area contributed by atoms with E-state index in [4.69, 9.17) is 11.5 Å². The molecule has 1 aromatic rings. The standard InChI is InChI=1S/C9H12N2/c1-2-3-7-6-8(10)4-5-9(7)11/h2-6H,10-11H2,1H3/b3-2-. The van der Waals surface area contributed by atoms with E-state index in [1.165, 1.54) is 0 Å². The average molecular weight is 148 g/mol. The molecule has 0 unspecified atom stereocenters.